The molecule has 1 aromatic rings. The third-order valence-corrected chi connectivity index (χ3v) is 4.33. The van der Waals surface area contributed by atoms with Gasteiger partial charge in [-0.15, -0.1) is 0 Å². The van der Waals surface area contributed by atoms with Crippen molar-refractivity contribution >= 4 is 24.8 Å². The Morgan fingerprint density at radius 1 is 1.19 bits per heavy atom. The zero-order valence-corrected chi connectivity index (χ0v) is 13.1. The number of rotatable bonds is 4. The number of carbonyl (C=O) groups excluding carboxylic acids is 1. The molecule has 0 amide bonds. The Hall–Kier alpha value is -0.711. The van der Waals surface area contributed by atoms with E-state index < -0.39 is 18.8 Å². The topological polar surface area (TPSA) is 35.5 Å². The number of hydrogen-bond donors (Lipinski definition) is 0. The van der Waals surface area contributed by atoms with Crippen LogP contribution in [0.4, 0.5) is 0 Å². The van der Waals surface area contributed by atoms with E-state index >= 15 is 0 Å². The molecule has 1 aromatic carbocycles. The molecule has 88 valence electrons. The van der Waals surface area contributed by atoms with Crippen LogP contribution in [0.2, 0.25) is 14.8 Å². The van der Waals surface area contributed by atoms with Gasteiger partial charge < -0.3 is 0 Å². The van der Waals surface area contributed by atoms with Gasteiger partial charge >= 0.3 is 101 Å². The second kappa shape index (κ2) is 5.57. The molecule has 0 atom stereocenters. The van der Waals surface area contributed by atoms with E-state index in [-0.39, 0.29) is 5.97 Å². The van der Waals surface area contributed by atoms with Gasteiger partial charge in [0.1, 0.15) is 0 Å². The molecule has 0 saturated carbocycles. The SMILES string of the molecule is COc1ccc(CC(=O)[O][Sn]([CH3])([CH3])[CH3])cc1. The Morgan fingerprint density at radius 3 is 2.19 bits per heavy atom. The maximum atomic E-state index is 11.6. The van der Waals surface area contributed by atoms with Crippen molar-refractivity contribution in [1.82, 2.24) is 0 Å². The monoisotopic (exact) mass is 330 g/mol. The first-order chi connectivity index (χ1) is 7.40. The molecule has 0 fully saturated rings. The molecule has 0 aromatic heterocycles. The summed E-state index contributed by atoms with van der Waals surface area (Å²) in [5.41, 5.74) is 0.960. The van der Waals surface area contributed by atoms with Crippen LogP contribution in [0.25, 0.3) is 0 Å². The summed E-state index contributed by atoms with van der Waals surface area (Å²) in [4.78, 5) is 17.8. The van der Waals surface area contributed by atoms with Gasteiger partial charge in [0.15, 0.2) is 0 Å². The fourth-order valence-electron chi connectivity index (χ4n) is 1.29. The van der Waals surface area contributed by atoms with Crippen LogP contribution in [-0.4, -0.2) is 31.9 Å². The van der Waals surface area contributed by atoms with Crippen molar-refractivity contribution in [3.05, 3.63) is 29.8 Å². The summed E-state index contributed by atoms with van der Waals surface area (Å²) < 4.78 is 10.5. The van der Waals surface area contributed by atoms with E-state index in [1.165, 1.54) is 0 Å². The average molecular weight is 329 g/mol. The molecule has 1 rings (SSSR count). The van der Waals surface area contributed by atoms with Gasteiger partial charge in [-0.2, -0.15) is 0 Å². The third kappa shape index (κ3) is 4.88. The molecular formula is C12H18O3Sn. The van der Waals surface area contributed by atoms with E-state index in [1.807, 2.05) is 24.3 Å². The molecule has 0 spiro atoms. The van der Waals surface area contributed by atoms with E-state index in [1.54, 1.807) is 7.11 Å². The van der Waals surface area contributed by atoms with Crippen molar-refractivity contribution in [2.75, 3.05) is 7.11 Å². The summed E-state index contributed by atoms with van der Waals surface area (Å²) in [5.74, 6) is 0.681. The van der Waals surface area contributed by atoms with Crippen molar-refractivity contribution in [2.45, 2.75) is 21.2 Å². The standard InChI is InChI=1S/C9H10O3.3CH3.Sn/c1-12-8-4-2-7(3-5-8)6-9(10)11;;;;/h2-5H,6H2,1H3,(H,10,11);3*1H3;/q;;;;+1/p-1. The second-order valence-electron chi connectivity index (χ2n) is 4.61. The Labute approximate surface area is 101 Å². The Kier molecular flexibility index (Phi) is 4.65. The van der Waals surface area contributed by atoms with Gasteiger partial charge in [0.05, 0.1) is 0 Å². The van der Waals surface area contributed by atoms with Crippen LogP contribution in [0.3, 0.4) is 0 Å². The zero-order valence-electron chi connectivity index (χ0n) is 10.2. The van der Waals surface area contributed by atoms with Gasteiger partial charge in [-0.3, -0.25) is 0 Å². The van der Waals surface area contributed by atoms with Gasteiger partial charge in [-0.25, -0.2) is 0 Å². The van der Waals surface area contributed by atoms with Gasteiger partial charge in [-0.05, 0) is 0 Å². The van der Waals surface area contributed by atoms with Gasteiger partial charge in [0.2, 0.25) is 0 Å². The normalized spacial score (nSPS) is 11.0. The summed E-state index contributed by atoms with van der Waals surface area (Å²) in [6.45, 7) is 0. The molecule has 0 bridgehead atoms. The Balaban J connectivity index is 2.56. The van der Waals surface area contributed by atoms with Crippen LogP contribution in [0.15, 0.2) is 24.3 Å². The molecule has 0 radical (unpaired) electrons. The van der Waals surface area contributed by atoms with E-state index in [4.69, 9.17) is 7.81 Å². The second-order valence-corrected chi connectivity index (χ2v) is 17.3. The molecule has 0 aliphatic heterocycles. The predicted molar refractivity (Wildman–Crippen MR) is 66.1 cm³/mol. The predicted octanol–water partition coefficient (Wildman–Crippen LogP) is 2.62. The fourth-order valence-corrected chi connectivity index (χ4v) is 3.44. The quantitative estimate of drug-likeness (QED) is 0.797. The van der Waals surface area contributed by atoms with Crippen LogP contribution in [-0.2, 0) is 14.3 Å². The summed E-state index contributed by atoms with van der Waals surface area (Å²) in [5, 5.41) is 0. The number of methoxy groups -OCH3 is 1. The summed E-state index contributed by atoms with van der Waals surface area (Å²) in [7, 11) is 1.62. The third-order valence-electron chi connectivity index (χ3n) is 1.93. The number of benzene rings is 1. The van der Waals surface area contributed by atoms with Crippen molar-refractivity contribution in [1.29, 1.82) is 0 Å². The number of ether oxygens (including phenoxy) is 1. The molecule has 3 nitrogen and oxygen atoms in total. The van der Waals surface area contributed by atoms with Crippen LogP contribution in [0.1, 0.15) is 5.56 Å². The zero-order chi connectivity index (χ0) is 12.2. The van der Waals surface area contributed by atoms with E-state index in [0.717, 1.165) is 11.3 Å². The van der Waals surface area contributed by atoms with E-state index in [0.29, 0.717) is 6.42 Å². The first-order valence-electron chi connectivity index (χ1n) is 5.25. The molecule has 16 heavy (non-hydrogen) atoms. The van der Waals surface area contributed by atoms with Crippen molar-refractivity contribution in [3.63, 3.8) is 0 Å². The van der Waals surface area contributed by atoms with Gasteiger partial charge in [-0.1, -0.05) is 0 Å². The molecule has 0 aliphatic carbocycles. The first kappa shape index (κ1) is 13.4. The summed E-state index contributed by atoms with van der Waals surface area (Å²) >= 11 is -2.45. The van der Waals surface area contributed by atoms with Crippen LogP contribution in [0.5, 0.6) is 5.75 Å². The minimum atomic E-state index is -2.45. The van der Waals surface area contributed by atoms with Crippen LogP contribution in [0, 0.1) is 0 Å². The van der Waals surface area contributed by atoms with Gasteiger partial charge in [0.25, 0.3) is 0 Å². The molecule has 0 saturated heterocycles. The van der Waals surface area contributed by atoms with Crippen LogP contribution < -0.4 is 4.74 Å². The molecular weight excluding hydrogens is 311 g/mol. The van der Waals surface area contributed by atoms with E-state index in [2.05, 4.69) is 14.8 Å². The maximum absolute atomic E-state index is 11.6. The van der Waals surface area contributed by atoms with Crippen molar-refractivity contribution in [3.8, 4) is 5.75 Å². The fraction of sp³-hybridized carbons (Fsp3) is 0.417. The molecule has 0 heterocycles. The molecule has 0 unspecified atom stereocenters. The average Bonchev–Trinajstić information content (AvgIpc) is 2.16. The summed E-state index contributed by atoms with van der Waals surface area (Å²) in [6.07, 6.45) is 0.345. The molecule has 0 N–H and O–H groups in total. The number of carbonyl (C=O) groups is 1. The Bertz CT molecular complexity index is 352. The molecule has 0 aliphatic rings. The number of hydrogen-bond acceptors (Lipinski definition) is 3. The summed E-state index contributed by atoms with van der Waals surface area (Å²) in [6, 6.07) is 7.47. The Morgan fingerprint density at radius 2 is 1.75 bits per heavy atom. The van der Waals surface area contributed by atoms with E-state index in [9.17, 15) is 4.79 Å². The van der Waals surface area contributed by atoms with Gasteiger partial charge in [0, 0.05) is 0 Å². The molecule has 4 heteroatoms. The van der Waals surface area contributed by atoms with Crippen molar-refractivity contribution in [2.24, 2.45) is 0 Å². The first-order valence-corrected chi connectivity index (χ1v) is 15.0. The minimum absolute atomic E-state index is 0.117. The van der Waals surface area contributed by atoms with Crippen molar-refractivity contribution < 1.29 is 12.6 Å². The van der Waals surface area contributed by atoms with Crippen LogP contribution >= 0.6 is 0 Å².